The predicted octanol–water partition coefficient (Wildman–Crippen LogP) is 1.34. The van der Waals surface area contributed by atoms with Crippen molar-refractivity contribution >= 4 is 0 Å². The van der Waals surface area contributed by atoms with Gasteiger partial charge in [0.15, 0.2) is 0 Å². The molecule has 1 unspecified atom stereocenters. The Balaban J connectivity index is 0.00000160. The van der Waals surface area contributed by atoms with E-state index in [1.54, 1.807) is 5.57 Å². The largest absolute Gasteiger partial charge is 3.00 e. The molecule has 4 aliphatic carbocycles. The number of rotatable bonds is 6. The Kier molecular flexibility index (Phi) is 14.3. The van der Waals surface area contributed by atoms with E-state index in [-0.39, 0.29) is 46.5 Å². The van der Waals surface area contributed by atoms with Crippen molar-refractivity contribution in [2.24, 2.45) is 23.7 Å². The zero-order valence-corrected chi connectivity index (χ0v) is 23.1. The molecular weight excluding hydrogens is 457 g/mol. The molecule has 0 aromatic carbocycles. The van der Waals surface area contributed by atoms with Crippen molar-refractivity contribution in [1.82, 2.24) is 4.90 Å². The molecule has 1 nitrogen and oxygen atoms in total. The van der Waals surface area contributed by atoms with E-state index in [1.165, 1.54) is 109 Å². The van der Waals surface area contributed by atoms with Gasteiger partial charge in [-0.05, 0) is 51.7 Å². The van der Waals surface area contributed by atoms with Crippen LogP contribution < -0.4 is 24.8 Å². The van der Waals surface area contributed by atoms with Gasteiger partial charge in [-0.1, -0.05) is 95.3 Å². The summed E-state index contributed by atoms with van der Waals surface area (Å²) in [5.74, 6) is 3.28. The van der Waals surface area contributed by atoms with Gasteiger partial charge < -0.3 is 29.7 Å². The molecule has 3 saturated carbocycles. The molecule has 0 saturated heterocycles. The van der Waals surface area contributed by atoms with Crippen molar-refractivity contribution in [3.8, 4) is 0 Å². The van der Waals surface area contributed by atoms with Crippen LogP contribution in [0, 0.1) is 29.7 Å². The first-order valence-electron chi connectivity index (χ1n) is 12.8. The van der Waals surface area contributed by atoms with Crippen LogP contribution in [0.4, 0.5) is 0 Å². The Morgan fingerprint density at radius 1 is 0.710 bits per heavy atom. The Bertz CT molecular complexity index is 568. The Morgan fingerprint density at radius 2 is 1.19 bits per heavy atom. The van der Waals surface area contributed by atoms with Crippen molar-refractivity contribution in [3.63, 3.8) is 0 Å². The summed E-state index contributed by atoms with van der Waals surface area (Å²) < 4.78 is 0. The van der Waals surface area contributed by atoms with Gasteiger partial charge in [-0.25, -0.2) is 5.57 Å². The summed E-state index contributed by atoms with van der Waals surface area (Å²) in [5, 5.41) is 0. The third-order valence-electron chi connectivity index (χ3n) is 8.30. The molecule has 0 N–H and O–H groups in total. The van der Waals surface area contributed by atoms with Gasteiger partial charge in [0.05, 0.1) is 0 Å². The number of hydrogen-bond acceptors (Lipinski definition) is 1. The summed E-state index contributed by atoms with van der Waals surface area (Å²) in [6, 6.07) is 0. The minimum Gasteiger partial charge on any atom is -1.00 e. The standard InChI is InChI=1S/C27H44N.2ClH.Ti/c1-28(2)19-18-24-25(21-12-6-3-7-13-21)20-26(22-14-8-4-9-15-22)27(24)23-16-10-5-11-17-23;;;/h21-23,25H,3-19H2,1-2H3;2*1H;/q-1;;;+3/p-2. The molecule has 0 bridgehead atoms. The number of nitrogens with zero attached hydrogens (tertiary/aromatic N) is 1. The second-order valence-electron chi connectivity index (χ2n) is 10.6. The van der Waals surface area contributed by atoms with E-state index in [4.69, 9.17) is 0 Å². The molecule has 3 fully saturated rings. The van der Waals surface area contributed by atoms with E-state index >= 15 is 0 Å². The summed E-state index contributed by atoms with van der Waals surface area (Å²) in [6.45, 7) is 1.22. The summed E-state index contributed by atoms with van der Waals surface area (Å²) in [4.78, 5) is 2.40. The number of allylic oxidation sites excluding steroid dienone is 3. The summed E-state index contributed by atoms with van der Waals surface area (Å²) in [6.07, 6.45) is 27.4. The molecule has 1 atom stereocenters. The SMILES string of the molecule is CN(C)CCC1=C(C2CCCCC2)C(C2CCCCC2)=[C-]C1C1CCCCC1.[Cl-].[Cl-].[Ti+3]. The molecule has 4 heteroatoms. The van der Waals surface area contributed by atoms with E-state index in [9.17, 15) is 0 Å². The second kappa shape index (κ2) is 14.9. The van der Waals surface area contributed by atoms with Crippen LogP contribution in [-0.2, 0) is 21.7 Å². The van der Waals surface area contributed by atoms with Gasteiger partial charge in [0, 0.05) is 0 Å². The molecule has 0 aromatic rings. The molecule has 0 aromatic heterocycles. The predicted molar refractivity (Wildman–Crippen MR) is 120 cm³/mol. The molecule has 175 valence electrons. The van der Waals surface area contributed by atoms with E-state index in [2.05, 4.69) is 25.1 Å². The number of hydrogen-bond donors (Lipinski definition) is 0. The summed E-state index contributed by atoms with van der Waals surface area (Å²) in [7, 11) is 4.51. The van der Waals surface area contributed by atoms with Gasteiger partial charge in [-0.3, -0.25) is 6.08 Å². The fourth-order valence-electron chi connectivity index (χ4n) is 6.78. The van der Waals surface area contributed by atoms with Crippen LogP contribution in [-0.4, -0.2) is 25.5 Å². The van der Waals surface area contributed by atoms with Gasteiger partial charge in [0.2, 0.25) is 0 Å². The Hall–Kier alpha value is 0.734. The minimum atomic E-state index is 0. The van der Waals surface area contributed by atoms with E-state index in [1.807, 2.05) is 11.1 Å². The zero-order chi connectivity index (χ0) is 19.3. The van der Waals surface area contributed by atoms with Crippen molar-refractivity contribution in [1.29, 1.82) is 0 Å². The Morgan fingerprint density at radius 3 is 1.71 bits per heavy atom. The van der Waals surface area contributed by atoms with E-state index in [0.29, 0.717) is 5.92 Å². The van der Waals surface area contributed by atoms with Crippen LogP contribution >= 0.6 is 0 Å². The van der Waals surface area contributed by atoms with Crippen molar-refractivity contribution < 1.29 is 46.5 Å². The summed E-state index contributed by atoms with van der Waals surface area (Å²) in [5.41, 5.74) is 5.51. The first kappa shape index (κ1) is 29.8. The second-order valence-corrected chi connectivity index (χ2v) is 10.6. The molecule has 0 spiro atoms. The molecule has 1 radical (unpaired) electrons. The monoisotopic (exact) mass is 500 g/mol. The molecule has 0 amide bonds. The van der Waals surface area contributed by atoms with Gasteiger partial charge in [-0.2, -0.15) is 11.1 Å². The maximum atomic E-state index is 4.28. The minimum absolute atomic E-state index is 0. The maximum absolute atomic E-state index is 4.28. The molecule has 0 heterocycles. The van der Waals surface area contributed by atoms with Gasteiger partial charge in [-0.15, -0.1) is 0 Å². The molecular formula is C27H44Cl2NTi. The smallest absolute Gasteiger partial charge is 1.00 e. The molecule has 4 rings (SSSR count). The van der Waals surface area contributed by atoms with Crippen LogP contribution in [0.15, 0.2) is 16.7 Å². The van der Waals surface area contributed by atoms with Crippen molar-refractivity contribution in [2.45, 2.75) is 103 Å². The van der Waals surface area contributed by atoms with Crippen LogP contribution in [0.3, 0.4) is 0 Å². The number of halogens is 2. The van der Waals surface area contributed by atoms with Crippen LogP contribution in [0.25, 0.3) is 0 Å². The Labute approximate surface area is 220 Å². The van der Waals surface area contributed by atoms with Crippen molar-refractivity contribution in [2.75, 3.05) is 20.6 Å². The van der Waals surface area contributed by atoms with Gasteiger partial charge in [0.1, 0.15) is 0 Å². The van der Waals surface area contributed by atoms with Crippen LogP contribution in [0.5, 0.6) is 0 Å². The fourth-order valence-corrected chi connectivity index (χ4v) is 6.78. The topological polar surface area (TPSA) is 3.24 Å². The first-order valence-corrected chi connectivity index (χ1v) is 12.8. The van der Waals surface area contributed by atoms with E-state index in [0.717, 1.165) is 17.8 Å². The van der Waals surface area contributed by atoms with Crippen molar-refractivity contribution in [3.05, 3.63) is 22.8 Å². The maximum Gasteiger partial charge on any atom is 3.00 e. The molecule has 31 heavy (non-hydrogen) atoms. The summed E-state index contributed by atoms with van der Waals surface area (Å²) >= 11 is 0. The van der Waals surface area contributed by atoms with Gasteiger partial charge >= 0.3 is 21.7 Å². The first-order chi connectivity index (χ1) is 13.7. The van der Waals surface area contributed by atoms with E-state index < -0.39 is 0 Å². The normalized spacial score (nSPS) is 26.2. The fraction of sp³-hybridized carbons (Fsp3) is 0.852. The van der Waals surface area contributed by atoms with Crippen LogP contribution in [0.1, 0.15) is 103 Å². The van der Waals surface area contributed by atoms with Gasteiger partial charge in [0.25, 0.3) is 0 Å². The zero-order valence-electron chi connectivity index (χ0n) is 20.0. The van der Waals surface area contributed by atoms with Crippen LogP contribution in [0.2, 0.25) is 0 Å². The molecule has 4 aliphatic rings. The quantitative estimate of drug-likeness (QED) is 0.393. The average Bonchev–Trinajstić information content (AvgIpc) is 3.13. The third kappa shape index (κ3) is 7.61. The molecule has 0 aliphatic heterocycles. The average molecular weight is 501 g/mol. The third-order valence-corrected chi connectivity index (χ3v) is 8.30.